The van der Waals surface area contributed by atoms with Gasteiger partial charge in [-0.25, -0.2) is 0 Å². The van der Waals surface area contributed by atoms with E-state index in [9.17, 15) is 4.79 Å². The number of benzene rings is 1. The lowest BCUT2D eigenvalue weighted by Crippen LogP contribution is -2.21. The minimum atomic E-state index is 0.389. The van der Waals surface area contributed by atoms with E-state index in [4.69, 9.17) is 4.74 Å². The smallest absolute Gasteiger partial charge is 0.133 e. The zero-order valence-corrected chi connectivity index (χ0v) is 7.90. The molecule has 3 rings (SSSR count). The summed E-state index contributed by atoms with van der Waals surface area (Å²) in [5.74, 6) is 2.22. The van der Waals surface area contributed by atoms with E-state index in [1.165, 1.54) is 5.56 Å². The Hall–Kier alpha value is -1.31. The summed E-state index contributed by atoms with van der Waals surface area (Å²) in [5, 5.41) is 0. The Labute approximate surface area is 82.9 Å². The lowest BCUT2D eigenvalue weighted by atomic mass is 9.87. The van der Waals surface area contributed by atoms with E-state index in [0.29, 0.717) is 37.1 Å². The Balaban J connectivity index is 2.05. The van der Waals surface area contributed by atoms with E-state index in [1.54, 1.807) is 0 Å². The van der Waals surface area contributed by atoms with E-state index in [0.717, 1.165) is 5.75 Å². The molecule has 0 aromatic heterocycles. The van der Waals surface area contributed by atoms with Crippen LogP contribution in [0.1, 0.15) is 24.3 Å². The Kier molecular flexibility index (Phi) is 1.63. The molecular formula is C12H12O2. The lowest BCUT2D eigenvalue weighted by molar-refractivity contribution is -0.117. The van der Waals surface area contributed by atoms with Crippen molar-refractivity contribution in [3.8, 4) is 5.75 Å². The molecule has 2 nitrogen and oxygen atoms in total. The van der Waals surface area contributed by atoms with Gasteiger partial charge in [0.15, 0.2) is 0 Å². The van der Waals surface area contributed by atoms with Gasteiger partial charge in [-0.3, -0.25) is 4.79 Å². The van der Waals surface area contributed by atoms with Crippen molar-refractivity contribution in [3.63, 3.8) is 0 Å². The van der Waals surface area contributed by atoms with Gasteiger partial charge in [-0.05, 0) is 11.6 Å². The molecule has 2 aliphatic rings. The molecule has 0 amide bonds. The van der Waals surface area contributed by atoms with Crippen LogP contribution in [0.3, 0.4) is 0 Å². The molecule has 0 saturated heterocycles. The lowest BCUT2D eigenvalue weighted by Gasteiger charge is -2.27. The molecule has 1 unspecified atom stereocenters. The summed E-state index contributed by atoms with van der Waals surface area (Å²) < 4.78 is 5.63. The van der Waals surface area contributed by atoms with E-state index in [-0.39, 0.29) is 0 Å². The average molecular weight is 188 g/mol. The highest BCUT2D eigenvalue weighted by molar-refractivity contribution is 5.82. The molecular weight excluding hydrogens is 176 g/mol. The first kappa shape index (κ1) is 8.04. The SMILES string of the molecule is O=C1CC2c3ccccc3OC[C@@H]2C1. The van der Waals surface area contributed by atoms with Crippen LogP contribution in [0.4, 0.5) is 0 Å². The summed E-state index contributed by atoms with van der Waals surface area (Å²) in [6, 6.07) is 8.09. The van der Waals surface area contributed by atoms with Crippen molar-refractivity contribution in [2.45, 2.75) is 18.8 Å². The van der Waals surface area contributed by atoms with Gasteiger partial charge in [-0.2, -0.15) is 0 Å². The fraction of sp³-hybridized carbons (Fsp3) is 0.417. The molecule has 1 aliphatic carbocycles. The number of ketones is 1. The van der Waals surface area contributed by atoms with Crippen LogP contribution in [0, 0.1) is 5.92 Å². The van der Waals surface area contributed by atoms with E-state index in [2.05, 4.69) is 6.07 Å². The molecule has 0 radical (unpaired) electrons. The maximum absolute atomic E-state index is 11.4. The van der Waals surface area contributed by atoms with Gasteiger partial charge in [0, 0.05) is 24.7 Å². The molecule has 2 heteroatoms. The van der Waals surface area contributed by atoms with Gasteiger partial charge in [0.05, 0.1) is 6.61 Å². The highest BCUT2D eigenvalue weighted by Crippen LogP contribution is 2.44. The average Bonchev–Trinajstić information content (AvgIpc) is 2.59. The van der Waals surface area contributed by atoms with Gasteiger partial charge >= 0.3 is 0 Å². The van der Waals surface area contributed by atoms with Crippen molar-refractivity contribution in [2.24, 2.45) is 5.92 Å². The van der Waals surface area contributed by atoms with Crippen LogP contribution in [0.15, 0.2) is 24.3 Å². The summed E-state index contributed by atoms with van der Waals surface area (Å²) in [4.78, 5) is 11.4. The molecule has 1 aromatic rings. The number of carbonyl (C=O) groups excluding carboxylic acids is 1. The minimum absolute atomic E-state index is 0.389. The quantitative estimate of drug-likeness (QED) is 0.623. The predicted molar refractivity (Wildman–Crippen MR) is 52.4 cm³/mol. The first-order valence-electron chi connectivity index (χ1n) is 5.08. The first-order chi connectivity index (χ1) is 6.84. The highest BCUT2D eigenvalue weighted by atomic mass is 16.5. The standard InChI is InChI=1S/C12H12O2/c13-9-5-8-7-14-12-4-2-1-3-10(12)11(8)6-9/h1-4,8,11H,5-7H2/t8-,11?/m0/s1. The van der Waals surface area contributed by atoms with Crippen LogP contribution in [0.2, 0.25) is 0 Å². The van der Waals surface area contributed by atoms with Gasteiger partial charge < -0.3 is 4.74 Å². The molecule has 0 bridgehead atoms. The summed E-state index contributed by atoms with van der Waals surface area (Å²) in [5.41, 5.74) is 1.23. The Morgan fingerprint density at radius 3 is 3.00 bits per heavy atom. The Bertz CT molecular complexity index is 384. The second kappa shape index (κ2) is 2.84. The molecule has 72 valence electrons. The number of carbonyl (C=O) groups is 1. The van der Waals surface area contributed by atoms with Crippen molar-refractivity contribution in [2.75, 3.05) is 6.61 Å². The second-order valence-corrected chi connectivity index (χ2v) is 4.16. The number of para-hydroxylation sites is 1. The highest BCUT2D eigenvalue weighted by Gasteiger charge is 2.38. The van der Waals surface area contributed by atoms with Crippen LogP contribution in [0.5, 0.6) is 5.75 Å². The first-order valence-corrected chi connectivity index (χ1v) is 5.08. The van der Waals surface area contributed by atoms with Crippen molar-refractivity contribution in [3.05, 3.63) is 29.8 Å². The zero-order chi connectivity index (χ0) is 9.54. The van der Waals surface area contributed by atoms with E-state index in [1.807, 2.05) is 18.2 Å². The van der Waals surface area contributed by atoms with Crippen LogP contribution in [-0.4, -0.2) is 12.4 Å². The minimum Gasteiger partial charge on any atom is -0.493 e. The van der Waals surface area contributed by atoms with Crippen LogP contribution in [-0.2, 0) is 4.79 Å². The van der Waals surface area contributed by atoms with Gasteiger partial charge in [0.2, 0.25) is 0 Å². The summed E-state index contributed by atoms with van der Waals surface area (Å²) in [6.07, 6.45) is 1.42. The molecule has 1 heterocycles. The molecule has 1 saturated carbocycles. The number of rotatable bonds is 0. The number of hydrogen-bond acceptors (Lipinski definition) is 2. The van der Waals surface area contributed by atoms with Crippen LogP contribution in [0.25, 0.3) is 0 Å². The predicted octanol–water partition coefficient (Wildman–Crippen LogP) is 2.14. The number of Topliss-reactive ketones (excluding diaryl/α,β-unsaturated/α-hetero) is 1. The number of fused-ring (bicyclic) bond motifs is 3. The van der Waals surface area contributed by atoms with E-state index >= 15 is 0 Å². The fourth-order valence-electron chi connectivity index (χ4n) is 2.58. The fourth-order valence-corrected chi connectivity index (χ4v) is 2.58. The van der Waals surface area contributed by atoms with Gasteiger partial charge in [-0.1, -0.05) is 18.2 Å². The third kappa shape index (κ3) is 1.07. The van der Waals surface area contributed by atoms with Gasteiger partial charge in [-0.15, -0.1) is 0 Å². The monoisotopic (exact) mass is 188 g/mol. The van der Waals surface area contributed by atoms with Crippen molar-refractivity contribution in [1.82, 2.24) is 0 Å². The van der Waals surface area contributed by atoms with Gasteiger partial charge in [0.25, 0.3) is 0 Å². The van der Waals surface area contributed by atoms with E-state index < -0.39 is 0 Å². The molecule has 14 heavy (non-hydrogen) atoms. The Morgan fingerprint density at radius 2 is 2.07 bits per heavy atom. The molecule has 0 N–H and O–H groups in total. The largest absolute Gasteiger partial charge is 0.493 e. The zero-order valence-electron chi connectivity index (χ0n) is 7.90. The number of ether oxygens (including phenoxy) is 1. The third-order valence-corrected chi connectivity index (χ3v) is 3.28. The Morgan fingerprint density at radius 1 is 1.21 bits per heavy atom. The topological polar surface area (TPSA) is 26.3 Å². The van der Waals surface area contributed by atoms with Gasteiger partial charge in [0.1, 0.15) is 11.5 Å². The molecule has 1 aromatic carbocycles. The summed E-state index contributed by atoms with van der Waals surface area (Å²) in [6.45, 7) is 0.716. The van der Waals surface area contributed by atoms with Crippen molar-refractivity contribution < 1.29 is 9.53 Å². The molecule has 1 fully saturated rings. The maximum atomic E-state index is 11.4. The molecule has 0 spiro atoms. The third-order valence-electron chi connectivity index (χ3n) is 3.28. The second-order valence-electron chi connectivity index (χ2n) is 4.16. The number of hydrogen-bond donors (Lipinski definition) is 0. The van der Waals surface area contributed by atoms with Crippen LogP contribution >= 0.6 is 0 Å². The maximum Gasteiger partial charge on any atom is 0.133 e. The summed E-state index contributed by atoms with van der Waals surface area (Å²) >= 11 is 0. The molecule has 1 aliphatic heterocycles. The van der Waals surface area contributed by atoms with Crippen LogP contribution < -0.4 is 4.74 Å². The van der Waals surface area contributed by atoms with Crippen molar-refractivity contribution in [1.29, 1.82) is 0 Å². The summed E-state index contributed by atoms with van der Waals surface area (Å²) in [7, 11) is 0. The molecule has 2 atom stereocenters. The van der Waals surface area contributed by atoms with Crippen molar-refractivity contribution >= 4 is 5.78 Å². The normalized spacial score (nSPS) is 29.3.